The lowest BCUT2D eigenvalue weighted by molar-refractivity contribution is -0.145. The smallest absolute Gasteiger partial charge is 0.321 e. The van der Waals surface area contributed by atoms with Crippen molar-refractivity contribution in [1.82, 2.24) is 9.80 Å². The van der Waals surface area contributed by atoms with Crippen LogP contribution in [0.3, 0.4) is 0 Å². The summed E-state index contributed by atoms with van der Waals surface area (Å²) in [7, 11) is 0. The van der Waals surface area contributed by atoms with E-state index in [9.17, 15) is 9.90 Å². The fourth-order valence-corrected chi connectivity index (χ4v) is 8.06. The monoisotopic (exact) mass is 542 g/mol. The molecular formula is C34H46N4O2. The number of nitrogens with zero attached hydrogens (tertiary/aromatic N) is 4. The van der Waals surface area contributed by atoms with Gasteiger partial charge in [0.1, 0.15) is 12.7 Å². The maximum absolute atomic E-state index is 12.5. The van der Waals surface area contributed by atoms with Gasteiger partial charge in [0.25, 0.3) is 0 Å². The largest absolute Gasteiger partial charge is 0.480 e. The molecular weight excluding hydrogens is 496 g/mol. The van der Waals surface area contributed by atoms with Crippen LogP contribution in [0.4, 0.5) is 0 Å². The predicted octanol–water partition coefficient (Wildman–Crippen LogP) is 4.68. The zero-order chi connectivity index (χ0) is 27.3. The summed E-state index contributed by atoms with van der Waals surface area (Å²) in [6.07, 6.45) is 12.0. The first-order valence-electron chi connectivity index (χ1n) is 15.9. The number of hydrogen-bond donors (Lipinski definition) is 1. The molecule has 214 valence electrons. The highest BCUT2D eigenvalue weighted by atomic mass is 16.4. The number of likely N-dealkylation sites (tertiary alicyclic amines) is 2. The Hall–Kier alpha value is -2.57. The molecule has 6 nitrogen and oxygen atoms in total. The molecule has 2 aromatic carbocycles. The van der Waals surface area contributed by atoms with E-state index in [1.165, 1.54) is 69.2 Å². The molecule has 1 N–H and O–H groups in total. The van der Waals surface area contributed by atoms with Crippen LogP contribution in [0.2, 0.25) is 0 Å². The van der Waals surface area contributed by atoms with Crippen molar-refractivity contribution < 1.29 is 9.90 Å². The van der Waals surface area contributed by atoms with Crippen LogP contribution < -0.4 is 10.7 Å². The van der Waals surface area contributed by atoms with Crippen molar-refractivity contribution in [3.8, 4) is 0 Å². The van der Waals surface area contributed by atoms with Crippen molar-refractivity contribution in [1.29, 1.82) is 0 Å². The topological polar surface area (TPSA) is 68.5 Å². The SMILES string of the molecule is O=C(O)C(C1CCCCC1)N1CC(CN2CCC(CCCc3ccc4c(c3)=NCN=4)CC2)C(c2ccccc2)C1. The molecule has 0 bridgehead atoms. The number of hydrogen-bond acceptors (Lipinski definition) is 5. The van der Waals surface area contributed by atoms with Crippen LogP contribution in [0.5, 0.6) is 0 Å². The Morgan fingerprint density at radius 3 is 2.48 bits per heavy atom. The van der Waals surface area contributed by atoms with Crippen molar-refractivity contribution in [2.75, 3.05) is 39.4 Å². The van der Waals surface area contributed by atoms with Gasteiger partial charge in [-0.1, -0.05) is 62.1 Å². The molecule has 0 radical (unpaired) electrons. The summed E-state index contributed by atoms with van der Waals surface area (Å²) in [6.45, 7) is 5.81. The lowest BCUT2D eigenvalue weighted by Gasteiger charge is -2.35. The van der Waals surface area contributed by atoms with Crippen LogP contribution in [0, 0.1) is 17.8 Å². The first-order valence-corrected chi connectivity index (χ1v) is 15.9. The average molecular weight is 543 g/mol. The van der Waals surface area contributed by atoms with Crippen LogP contribution in [0.1, 0.15) is 74.8 Å². The summed E-state index contributed by atoms with van der Waals surface area (Å²) in [5.74, 6) is 1.42. The van der Waals surface area contributed by atoms with E-state index in [0.29, 0.717) is 24.4 Å². The molecule has 6 heteroatoms. The summed E-state index contributed by atoms with van der Waals surface area (Å²) in [4.78, 5) is 26.4. The summed E-state index contributed by atoms with van der Waals surface area (Å²) < 4.78 is 0. The Labute approximate surface area is 239 Å². The third-order valence-electron chi connectivity index (χ3n) is 10.2. The van der Waals surface area contributed by atoms with Gasteiger partial charge in [-0.15, -0.1) is 0 Å². The molecule has 3 fully saturated rings. The normalized spacial score (nSPS) is 25.3. The third kappa shape index (κ3) is 6.49. The lowest BCUT2D eigenvalue weighted by atomic mass is 9.83. The number of carboxylic acid groups (broad SMARTS) is 1. The number of carboxylic acids is 1. The second-order valence-electron chi connectivity index (χ2n) is 12.8. The van der Waals surface area contributed by atoms with E-state index >= 15 is 0 Å². The third-order valence-corrected chi connectivity index (χ3v) is 10.2. The number of piperidine rings is 1. The second-order valence-corrected chi connectivity index (χ2v) is 12.8. The number of rotatable bonds is 10. The van der Waals surface area contributed by atoms with Gasteiger partial charge in [-0.2, -0.15) is 0 Å². The van der Waals surface area contributed by atoms with E-state index in [2.05, 4.69) is 68.3 Å². The van der Waals surface area contributed by atoms with Gasteiger partial charge in [-0.3, -0.25) is 19.7 Å². The Morgan fingerprint density at radius 1 is 0.925 bits per heavy atom. The van der Waals surface area contributed by atoms with Crippen LogP contribution >= 0.6 is 0 Å². The van der Waals surface area contributed by atoms with Crippen LogP contribution in [-0.2, 0) is 11.2 Å². The quantitative estimate of drug-likeness (QED) is 0.473. The molecule has 1 saturated carbocycles. The zero-order valence-corrected chi connectivity index (χ0v) is 24.0. The molecule has 3 heterocycles. The predicted molar refractivity (Wildman–Crippen MR) is 158 cm³/mol. The van der Waals surface area contributed by atoms with Crippen LogP contribution in [0.15, 0.2) is 58.5 Å². The molecule has 3 unspecified atom stereocenters. The van der Waals surface area contributed by atoms with E-state index in [1.807, 2.05) is 0 Å². The molecule has 4 aliphatic rings. The minimum Gasteiger partial charge on any atom is -0.480 e. The van der Waals surface area contributed by atoms with Crippen LogP contribution in [-0.4, -0.2) is 66.3 Å². The van der Waals surface area contributed by atoms with Crippen molar-refractivity contribution in [2.45, 2.75) is 76.2 Å². The van der Waals surface area contributed by atoms with Gasteiger partial charge in [0, 0.05) is 25.6 Å². The van der Waals surface area contributed by atoms with Gasteiger partial charge in [-0.25, -0.2) is 0 Å². The molecule has 2 saturated heterocycles. The molecule has 0 spiro atoms. The number of aliphatic carboxylic acids is 1. The van der Waals surface area contributed by atoms with E-state index in [1.54, 1.807) is 0 Å². The van der Waals surface area contributed by atoms with Gasteiger partial charge in [-0.05, 0) is 92.6 Å². The molecule has 2 aromatic rings. The average Bonchev–Trinajstić information content (AvgIpc) is 3.62. The first kappa shape index (κ1) is 27.6. The van der Waals surface area contributed by atoms with E-state index in [4.69, 9.17) is 0 Å². The molecule has 1 aliphatic carbocycles. The van der Waals surface area contributed by atoms with Gasteiger partial charge in [0.15, 0.2) is 0 Å². The minimum atomic E-state index is -0.607. The molecule has 40 heavy (non-hydrogen) atoms. The number of aryl methyl sites for hydroxylation is 1. The highest BCUT2D eigenvalue weighted by Crippen LogP contribution is 2.38. The van der Waals surface area contributed by atoms with Gasteiger partial charge in [0.2, 0.25) is 0 Å². The molecule has 0 amide bonds. The maximum Gasteiger partial charge on any atom is 0.321 e. The summed E-state index contributed by atoms with van der Waals surface area (Å²) in [6, 6.07) is 17.1. The van der Waals surface area contributed by atoms with Crippen molar-refractivity contribution in [3.05, 3.63) is 70.4 Å². The number of carbonyl (C=O) groups is 1. The summed E-state index contributed by atoms with van der Waals surface area (Å²) in [5, 5.41) is 12.4. The Morgan fingerprint density at radius 2 is 1.70 bits per heavy atom. The minimum absolute atomic E-state index is 0.304. The highest BCUT2D eigenvalue weighted by Gasteiger charge is 2.43. The van der Waals surface area contributed by atoms with Crippen molar-refractivity contribution >= 4 is 5.97 Å². The van der Waals surface area contributed by atoms with Crippen LogP contribution in [0.25, 0.3) is 0 Å². The molecule has 6 rings (SSSR count). The standard InChI is InChI=1S/C34H46N4O2/c39-34(40)33(28-12-5-2-6-13-28)38-22-29(30(23-38)27-10-3-1-4-11-27)21-37-18-16-25(17-19-37)8-7-9-26-14-15-31-32(20-26)36-24-35-31/h1,3-4,10-11,14-15,20,25,28-30,33H,2,5-9,12-13,16-19,21-24H2,(H,39,40). The Kier molecular flexibility index (Phi) is 8.93. The summed E-state index contributed by atoms with van der Waals surface area (Å²) >= 11 is 0. The molecule has 3 aliphatic heterocycles. The van der Waals surface area contributed by atoms with Gasteiger partial charge < -0.3 is 10.0 Å². The van der Waals surface area contributed by atoms with Gasteiger partial charge in [0.05, 0.1) is 10.7 Å². The number of fused-ring (bicyclic) bond motifs is 1. The van der Waals surface area contributed by atoms with E-state index in [-0.39, 0.29) is 6.04 Å². The zero-order valence-electron chi connectivity index (χ0n) is 24.0. The van der Waals surface area contributed by atoms with E-state index in [0.717, 1.165) is 55.5 Å². The first-order chi connectivity index (χ1) is 19.6. The maximum atomic E-state index is 12.5. The van der Waals surface area contributed by atoms with Crippen molar-refractivity contribution in [2.24, 2.45) is 27.7 Å². The Balaban J connectivity index is 1.03. The summed E-state index contributed by atoms with van der Waals surface area (Å²) in [5.41, 5.74) is 2.77. The van der Waals surface area contributed by atoms with Crippen molar-refractivity contribution in [3.63, 3.8) is 0 Å². The fourth-order valence-electron chi connectivity index (χ4n) is 8.06. The molecule has 0 aromatic heterocycles. The van der Waals surface area contributed by atoms with E-state index < -0.39 is 5.97 Å². The molecule has 3 atom stereocenters. The fraction of sp³-hybridized carbons (Fsp3) is 0.618. The number of benzene rings is 2. The Bertz CT molecular complexity index is 1250. The second kappa shape index (κ2) is 12.9. The van der Waals surface area contributed by atoms with Gasteiger partial charge >= 0.3 is 5.97 Å². The highest BCUT2D eigenvalue weighted by molar-refractivity contribution is 5.74. The lowest BCUT2D eigenvalue weighted by Crippen LogP contribution is -2.46.